The van der Waals surface area contributed by atoms with Crippen LogP contribution in [0.15, 0.2) is 35.8 Å². The normalized spacial score (nSPS) is 21.2. The van der Waals surface area contributed by atoms with Crippen LogP contribution in [0, 0.1) is 11.7 Å². The fourth-order valence-corrected chi connectivity index (χ4v) is 3.27. The van der Waals surface area contributed by atoms with Crippen molar-refractivity contribution in [3.05, 3.63) is 47.2 Å². The number of anilines is 1. The third-order valence-corrected chi connectivity index (χ3v) is 4.46. The van der Waals surface area contributed by atoms with E-state index in [2.05, 4.69) is 10.3 Å². The molecule has 22 heavy (non-hydrogen) atoms. The topological polar surface area (TPSA) is 62.3 Å². The maximum Gasteiger partial charge on any atom is 0.232 e. The number of benzene rings is 1. The van der Waals surface area contributed by atoms with Gasteiger partial charge >= 0.3 is 0 Å². The number of rotatable bonds is 3. The minimum atomic E-state index is -0.566. The highest BCUT2D eigenvalue weighted by Crippen LogP contribution is 2.37. The molecule has 3 rings (SSSR count). The van der Waals surface area contributed by atoms with E-state index in [4.69, 9.17) is 0 Å². The third-order valence-electron chi connectivity index (χ3n) is 3.78. The zero-order valence-corrected chi connectivity index (χ0v) is 12.6. The SMILES string of the molecule is CN1C(=O)CC(C(=O)Nc2nccs2)C1c1cccc(F)c1. The second-order valence-corrected chi connectivity index (χ2v) is 6.04. The summed E-state index contributed by atoms with van der Waals surface area (Å²) < 4.78 is 13.5. The summed E-state index contributed by atoms with van der Waals surface area (Å²) in [5.74, 6) is -1.36. The van der Waals surface area contributed by atoms with Gasteiger partial charge in [0.15, 0.2) is 5.13 Å². The molecule has 0 aliphatic carbocycles. The summed E-state index contributed by atoms with van der Waals surface area (Å²) in [6.07, 6.45) is 1.70. The fourth-order valence-electron chi connectivity index (χ4n) is 2.73. The Morgan fingerprint density at radius 3 is 3.00 bits per heavy atom. The minimum absolute atomic E-state index is 0.106. The maximum absolute atomic E-state index is 13.5. The largest absolute Gasteiger partial charge is 0.338 e. The van der Waals surface area contributed by atoms with Crippen molar-refractivity contribution < 1.29 is 14.0 Å². The summed E-state index contributed by atoms with van der Waals surface area (Å²) in [7, 11) is 1.63. The highest BCUT2D eigenvalue weighted by Gasteiger charge is 2.42. The molecule has 1 aromatic heterocycles. The lowest BCUT2D eigenvalue weighted by molar-refractivity contribution is -0.127. The second-order valence-electron chi connectivity index (χ2n) is 5.14. The molecule has 0 bridgehead atoms. The van der Waals surface area contributed by atoms with Gasteiger partial charge in [-0.05, 0) is 17.7 Å². The van der Waals surface area contributed by atoms with E-state index in [1.165, 1.54) is 28.4 Å². The first kappa shape index (κ1) is 14.6. The van der Waals surface area contributed by atoms with E-state index in [9.17, 15) is 14.0 Å². The molecule has 0 radical (unpaired) electrons. The van der Waals surface area contributed by atoms with Crippen LogP contribution in [-0.4, -0.2) is 28.7 Å². The zero-order chi connectivity index (χ0) is 15.7. The molecular formula is C15H14FN3O2S. The zero-order valence-electron chi connectivity index (χ0n) is 11.8. The predicted molar refractivity (Wildman–Crippen MR) is 80.8 cm³/mol. The Morgan fingerprint density at radius 2 is 2.32 bits per heavy atom. The Labute approximate surface area is 130 Å². The monoisotopic (exact) mass is 319 g/mol. The van der Waals surface area contributed by atoms with Crippen LogP contribution in [0.3, 0.4) is 0 Å². The van der Waals surface area contributed by atoms with Crippen LogP contribution in [0.25, 0.3) is 0 Å². The van der Waals surface area contributed by atoms with E-state index in [0.717, 1.165) is 0 Å². The molecule has 1 fully saturated rings. The summed E-state index contributed by atoms with van der Waals surface area (Å²) in [4.78, 5) is 30.0. The molecule has 7 heteroatoms. The molecule has 5 nitrogen and oxygen atoms in total. The molecule has 114 valence electrons. The summed E-state index contributed by atoms with van der Waals surface area (Å²) in [5.41, 5.74) is 0.618. The van der Waals surface area contributed by atoms with Gasteiger partial charge in [0.05, 0.1) is 12.0 Å². The second kappa shape index (κ2) is 5.84. The Hall–Kier alpha value is -2.28. The minimum Gasteiger partial charge on any atom is -0.338 e. The number of amides is 2. The van der Waals surface area contributed by atoms with E-state index in [1.54, 1.807) is 30.8 Å². The van der Waals surface area contributed by atoms with E-state index in [-0.39, 0.29) is 24.1 Å². The van der Waals surface area contributed by atoms with Crippen molar-refractivity contribution in [3.8, 4) is 0 Å². The third kappa shape index (κ3) is 2.71. The molecule has 1 aromatic carbocycles. The highest BCUT2D eigenvalue weighted by molar-refractivity contribution is 7.13. The predicted octanol–water partition coefficient (Wildman–Crippen LogP) is 2.44. The number of hydrogen-bond donors (Lipinski definition) is 1. The number of aromatic nitrogens is 1. The van der Waals surface area contributed by atoms with Crippen LogP contribution >= 0.6 is 11.3 Å². The van der Waals surface area contributed by atoms with Crippen molar-refractivity contribution >= 4 is 28.3 Å². The molecule has 1 N–H and O–H groups in total. The number of carbonyl (C=O) groups is 2. The average molecular weight is 319 g/mol. The van der Waals surface area contributed by atoms with E-state index in [0.29, 0.717) is 10.7 Å². The van der Waals surface area contributed by atoms with Crippen LogP contribution < -0.4 is 5.32 Å². The highest BCUT2D eigenvalue weighted by atomic mass is 32.1. The van der Waals surface area contributed by atoms with Crippen molar-refractivity contribution in [1.82, 2.24) is 9.88 Å². The number of thiazole rings is 1. The Morgan fingerprint density at radius 1 is 1.50 bits per heavy atom. The summed E-state index contributed by atoms with van der Waals surface area (Å²) in [5, 5.41) is 4.96. The number of carbonyl (C=O) groups excluding carboxylic acids is 2. The van der Waals surface area contributed by atoms with Crippen LogP contribution in [0.1, 0.15) is 18.0 Å². The van der Waals surface area contributed by atoms with Crippen LogP contribution in [0.5, 0.6) is 0 Å². The lowest BCUT2D eigenvalue weighted by Gasteiger charge is -2.24. The molecule has 2 amide bonds. The Bertz CT molecular complexity index is 705. The van der Waals surface area contributed by atoms with Gasteiger partial charge in [-0.25, -0.2) is 9.37 Å². The van der Waals surface area contributed by atoms with Gasteiger partial charge in [0, 0.05) is 25.0 Å². The van der Waals surface area contributed by atoms with Crippen molar-refractivity contribution in [2.75, 3.05) is 12.4 Å². The fraction of sp³-hybridized carbons (Fsp3) is 0.267. The molecule has 1 aliphatic rings. The molecule has 1 aliphatic heterocycles. The van der Waals surface area contributed by atoms with Gasteiger partial charge in [-0.2, -0.15) is 0 Å². The van der Waals surface area contributed by atoms with Crippen molar-refractivity contribution in [2.45, 2.75) is 12.5 Å². The van der Waals surface area contributed by atoms with Gasteiger partial charge in [0.2, 0.25) is 11.8 Å². The van der Waals surface area contributed by atoms with Gasteiger partial charge < -0.3 is 10.2 Å². The lowest BCUT2D eigenvalue weighted by Crippen LogP contribution is -2.30. The van der Waals surface area contributed by atoms with E-state index in [1.807, 2.05) is 0 Å². The number of nitrogens with one attached hydrogen (secondary N) is 1. The number of hydrogen-bond acceptors (Lipinski definition) is 4. The average Bonchev–Trinajstić information content (AvgIpc) is 3.08. The standard InChI is InChI=1S/C15H14FN3O2S/c1-19-12(20)8-11(14(21)18-15-17-5-6-22-15)13(19)9-3-2-4-10(16)7-9/h2-7,11,13H,8H2,1H3,(H,17,18,21). The van der Waals surface area contributed by atoms with Crippen molar-refractivity contribution in [2.24, 2.45) is 5.92 Å². The number of likely N-dealkylation sites (tertiary alicyclic amines) is 1. The van der Waals surface area contributed by atoms with Crippen molar-refractivity contribution in [1.29, 1.82) is 0 Å². The first-order valence-corrected chi connectivity index (χ1v) is 7.65. The van der Waals surface area contributed by atoms with Gasteiger partial charge in [-0.1, -0.05) is 12.1 Å². The van der Waals surface area contributed by atoms with Crippen LogP contribution in [-0.2, 0) is 9.59 Å². The van der Waals surface area contributed by atoms with E-state index >= 15 is 0 Å². The smallest absolute Gasteiger partial charge is 0.232 e. The number of halogens is 1. The molecule has 1 saturated heterocycles. The Kier molecular flexibility index (Phi) is 3.89. The maximum atomic E-state index is 13.5. The van der Waals surface area contributed by atoms with Crippen molar-refractivity contribution in [3.63, 3.8) is 0 Å². The lowest BCUT2D eigenvalue weighted by atomic mass is 9.93. The molecule has 2 aromatic rings. The summed E-state index contributed by atoms with van der Waals surface area (Å²) in [6.45, 7) is 0. The van der Waals surface area contributed by atoms with Gasteiger partial charge in [0.1, 0.15) is 5.82 Å². The molecule has 0 spiro atoms. The van der Waals surface area contributed by atoms with Gasteiger partial charge in [0.25, 0.3) is 0 Å². The van der Waals surface area contributed by atoms with Gasteiger partial charge in [-0.3, -0.25) is 9.59 Å². The molecule has 2 atom stereocenters. The molecule has 2 heterocycles. The van der Waals surface area contributed by atoms with Crippen LogP contribution in [0.4, 0.5) is 9.52 Å². The number of nitrogens with zero attached hydrogens (tertiary/aromatic N) is 2. The quantitative estimate of drug-likeness (QED) is 0.945. The van der Waals surface area contributed by atoms with E-state index < -0.39 is 12.0 Å². The summed E-state index contributed by atoms with van der Waals surface area (Å²) in [6, 6.07) is 5.54. The Balaban J connectivity index is 1.88. The first-order valence-electron chi connectivity index (χ1n) is 6.78. The van der Waals surface area contributed by atoms with Gasteiger partial charge in [-0.15, -0.1) is 11.3 Å². The first-order chi connectivity index (χ1) is 10.6. The molecular weight excluding hydrogens is 305 g/mol. The summed E-state index contributed by atoms with van der Waals surface area (Å²) >= 11 is 1.31. The van der Waals surface area contributed by atoms with Crippen LogP contribution in [0.2, 0.25) is 0 Å². The molecule has 2 unspecified atom stereocenters. The molecule has 0 saturated carbocycles.